The van der Waals surface area contributed by atoms with Gasteiger partial charge in [0.15, 0.2) is 0 Å². The Hall–Kier alpha value is -1.03. The van der Waals surface area contributed by atoms with E-state index in [4.69, 9.17) is 11.6 Å². The van der Waals surface area contributed by atoms with Crippen molar-refractivity contribution in [2.75, 3.05) is 12.4 Å². The highest BCUT2D eigenvalue weighted by atomic mass is 35.5. The molecule has 0 saturated heterocycles. The van der Waals surface area contributed by atoms with E-state index in [0.29, 0.717) is 18.8 Å². The van der Waals surface area contributed by atoms with Crippen molar-refractivity contribution < 1.29 is 4.79 Å². The van der Waals surface area contributed by atoms with Gasteiger partial charge in [-0.3, -0.25) is 9.48 Å². The first-order valence-electron chi connectivity index (χ1n) is 5.02. The van der Waals surface area contributed by atoms with Crippen LogP contribution in [-0.2, 0) is 18.3 Å². The number of aromatic nitrogens is 2. The number of rotatable bonds is 6. The van der Waals surface area contributed by atoms with Gasteiger partial charge in [-0.25, -0.2) is 0 Å². The molecule has 0 fully saturated rings. The van der Waals surface area contributed by atoms with Crippen LogP contribution in [-0.4, -0.2) is 28.1 Å². The number of alkyl halides is 1. The van der Waals surface area contributed by atoms with E-state index in [1.165, 1.54) is 0 Å². The Bertz CT molecular complexity index is 311. The lowest BCUT2D eigenvalue weighted by molar-refractivity contribution is -0.121. The van der Waals surface area contributed by atoms with Crippen LogP contribution >= 0.6 is 11.6 Å². The highest BCUT2D eigenvalue weighted by Gasteiger charge is 2.00. The quantitative estimate of drug-likeness (QED) is 0.743. The molecule has 0 aliphatic rings. The average molecular weight is 230 g/mol. The van der Waals surface area contributed by atoms with Crippen molar-refractivity contribution in [1.29, 1.82) is 0 Å². The molecular formula is C10H16ClN3O. The van der Waals surface area contributed by atoms with Crippen LogP contribution in [0.5, 0.6) is 0 Å². The summed E-state index contributed by atoms with van der Waals surface area (Å²) in [5.74, 6) is 0.607. The molecule has 0 saturated carbocycles. The van der Waals surface area contributed by atoms with Crippen molar-refractivity contribution in [3.63, 3.8) is 0 Å². The Morgan fingerprint density at radius 2 is 2.47 bits per heavy atom. The van der Waals surface area contributed by atoms with E-state index in [9.17, 15) is 4.79 Å². The standard InChI is InChI=1S/C10H16ClN3O/c1-14-8-9(7-13-14)4-6-12-10(15)3-2-5-11/h7-8H,2-6H2,1H3,(H,12,15). The molecule has 84 valence electrons. The van der Waals surface area contributed by atoms with E-state index < -0.39 is 0 Å². The molecule has 0 aromatic carbocycles. The smallest absolute Gasteiger partial charge is 0.220 e. The fourth-order valence-electron chi connectivity index (χ4n) is 1.26. The van der Waals surface area contributed by atoms with Crippen LogP contribution in [0.4, 0.5) is 0 Å². The second kappa shape index (κ2) is 6.45. The fourth-order valence-corrected chi connectivity index (χ4v) is 1.40. The zero-order chi connectivity index (χ0) is 11.1. The Morgan fingerprint density at radius 1 is 1.67 bits per heavy atom. The van der Waals surface area contributed by atoms with Crippen LogP contribution in [0.3, 0.4) is 0 Å². The van der Waals surface area contributed by atoms with E-state index in [2.05, 4.69) is 10.4 Å². The van der Waals surface area contributed by atoms with Crippen LogP contribution in [0.15, 0.2) is 12.4 Å². The van der Waals surface area contributed by atoms with Crippen molar-refractivity contribution >= 4 is 17.5 Å². The third-order valence-corrected chi connectivity index (χ3v) is 2.30. The van der Waals surface area contributed by atoms with Gasteiger partial charge < -0.3 is 5.32 Å². The summed E-state index contributed by atoms with van der Waals surface area (Å²) in [6, 6.07) is 0. The van der Waals surface area contributed by atoms with Gasteiger partial charge in [-0.2, -0.15) is 5.10 Å². The van der Waals surface area contributed by atoms with Gasteiger partial charge in [0.05, 0.1) is 6.20 Å². The number of hydrogen-bond acceptors (Lipinski definition) is 2. The topological polar surface area (TPSA) is 46.9 Å². The van der Waals surface area contributed by atoms with Crippen LogP contribution in [0, 0.1) is 0 Å². The minimum atomic E-state index is 0.0690. The molecule has 0 radical (unpaired) electrons. The molecule has 0 aliphatic carbocycles. The lowest BCUT2D eigenvalue weighted by atomic mass is 10.2. The van der Waals surface area contributed by atoms with Gasteiger partial charge in [0, 0.05) is 32.1 Å². The summed E-state index contributed by atoms with van der Waals surface area (Å²) in [7, 11) is 1.88. The summed E-state index contributed by atoms with van der Waals surface area (Å²) in [5.41, 5.74) is 1.13. The number of carbonyl (C=O) groups excluding carboxylic acids is 1. The maximum atomic E-state index is 11.2. The van der Waals surface area contributed by atoms with Crippen LogP contribution in [0.2, 0.25) is 0 Å². The molecule has 0 bridgehead atoms. The number of aryl methyl sites for hydroxylation is 1. The summed E-state index contributed by atoms with van der Waals surface area (Å²) in [6.45, 7) is 0.660. The van der Waals surface area contributed by atoms with Crippen LogP contribution in [0.25, 0.3) is 0 Å². The largest absolute Gasteiger partial charge is 0.356 e. The second-order valence-corrected chi connectivity index (χ2v) is 3.79. The van der Waals surface area contributed by atoms with Gasteiger partial charge in [0.25, 0.3) is 0 Å². The van der Waals surface area contributed by atoms with E-state index >= 15 is 0 Å². The molecular weight excluding hydrogens is 214 g/mol. The third kappa shape index (κ3) is 4.83. The molecule has 1 rings (SSSR count). The number of halogens is 1. The zero-order valence-electron chi connectivity index (χ0n) is 8.87. The SMILES string of the molecule is Cn1cc(CCNC(=O)CCCCl)cn1. The molecule has 1 N–H and O–H groups in total. The Morgan fingerprint density at radius 3 is 3.07 bits per heavy atom. The number of hydrogen-bond donors (Lipinski definition) is 1. The van der Waals surface area contributed by atoms with E-state index in [1.54, 1.807) is 4.68 Å². The highest BCUT2D eigenvalue weighted by molar-refractivity contribution is 6.17. The maximum Gasteiger partial charge on any atom is 0.220 e. The van der Waals surface area contributed by atoms with Crippen molar-refractivity contribution in [2.24, 2.45) is 7.05 Å². The molecule has 1 aromatic rings. The molecule has 0 unspecified atom stereocenters. The van der Waals surface area contributed by atoms with Crippen LogP contribution < -0.4 is 5.32 Å². The highest BCUT2D eigenvalue weighted by Crippen LogP contribution is 1.96. The molecule has 0 atom stereocenters. The normalized spacial score (nSPS) is 10.3. The van der Waals surface area contributed by atoms with Crippen molar-refractivity contribution in [3.8, 4) is 0 Å². The van der Waals surface area contributed by atoms with Gasteiger partial charge in [-0.1, -0.05) is 0 Å². The van der Waals surface area contributed by atoms with Crippen molar-refractivity contribution in [3.05, 3.63) is 18.0 Å². The number of nitrogens with one attached hydrogen (secondary N) is 1. The van der Waals surface area contributed by atoms with E-state index in [1.807, 2.05) is 19.4 Å². The molecule has 4 nitrogen and oxygen atoms in total. The number of nitrogens with zero attached hydrogens (tertiary/aromatic N) is 2. The van der Waals surface area contributed by atoms with Gasteiger partial charge in [-0.15, -0.1) is 11.6 Å². The van der Waals surface area contributed by atoms with Gasteiger partial charge in [0.2, 0.25) is 5.91 Å². The average Bonchev–Trinajstić information content (AvgIpc) is 2.61. The lowest BCUT2D eigenvalue weighted by Crippen LogP contribution is -2.25. The van der Waals surface area contributed by atoms with Crippen molar-refractivity contribution in [1.82, 2.24) is 15.1 Å². The van der Waals surface area contributed by atoms with Crippen LogP contribution in [0.1, 0.15) is 18.4 Å². The number of amides is 1. The minimum absolute atomic E-state index is 0.0690. The molecule has 1 aromatic heterocycles. The van der Waals surface area contributed by atoms with Gasteiger partial charge in [0.1, 0.15) is 0 Å². The third-order valence-electron chi connectivity index (χ3n) is 2.03. The lowest BCUT2D eigenvalue weighted by Gasteiger charge is -2.02. The van der Waals surface area contributed by atoms with Gasteiger partial charge in [-0.05, 0) is 18.4 Å². The predicted molar refractivity (Wildman–Crippen MR) is 59.9 cm³/mol. The first kappa shape index (κ1) is 12.0. The van der Waals surface area contributed by atoms with Gasteiger partial charge >= 0.3 is 0 Å². The summed E-state index contributed by atoms with van der Waals surface area (Å²) in [6.07, 6.45) is 5.83. The predicted octanol–water partition coefficient (Wildman–Crippen LogP) is 1.10. The zero-order valence-corrected chi connectivity index (χ0v) is 9.63. The molecule has 0 aliphatic heterocycles. The molecule has 1 heterocycles. The molecule has 0 spiro atoms. The first-order valence-corrected chi connectivity index (χ1v) is 5.56. The first-order chi connectivity index (χ1) is 7.22. The Balaban J connectivity index is 2.13. The Labute approximate surface area is 94.6 Å². The summed E-state index contributed by atoms with van der Waals surface area (Å²) in [4.78, 5) is 11.2. The summed E-state index contributed by atoms with van der Waals surface area (Å²) >= 11 is 5.49. The summed E-state index contributed by atoms with van der Waals surface area (Å²) < 4.78 is 1.75. The molecule has 1 amide bonds. The fraction of sp³-hybridized carbons (Fsp3) is 0.600. The Kier molecular flexibility index (Phi) is 5.18. The molecule has 5 heteroatoms. The minimum Gasteiger partial charge on any atom is -0.356 e. The monoisotopic (exact) mass is 229 g/mol. The van der Waals surface area contributed by atoms with E-state index in [0.717, 1.165) is 18.4 Å². The van der Waals surface area contributed by atoms with E-state index in [-0.39, 0.29) is 5.91 Å². The molecule has 15 heavy (non-hydrogen) atoms. The second-order valence-electron chi connectivity index (χ2n) is 3.41. The number of carbonyl (C=O) groups is 1. The van der Waals surface area contributed by atoms with Crippen molar-refractivity contribution in [2.45, 2.75) is 19.3 Å². The maximum absolute atomic E-state index is 11.2. The summed E-state index contributed by atoms with van der Waals surface area (Å²) in [5, 5.41) is 6.89.